The second kappa shape index (κ2) is 6.06. The second-order valence-corrected chi connectivity index (χ2v) is 4.05. The fourth-order valence-electron chi connectivity index (χ4n) is 1.21. The van der Waals surface area contributed by atoms with Crippen molar-refractivity contribution >= 4 is 23.2 Å². The van der Waals surface area contributed by atoms with Gasteiger partial charge >= 0.3 is 6.18 Å². The van der Waals surface area contributed by atoms with Crippen LogP contribution in [-0.4, -0.2) is 25.3 Å². The minimum absolute atomic E-state index is 0.486. The Morgan fingerprint density at radius 1 is 1.44 bits per heavy atom. The number of hydrogen-bond acceptors (Lipinski definition) is 2. The number of hydrogen-bond donors (Lipinski definition) is 1. The normalized spacial score (nSPS) is 11.4. The number of alkyl halides is 3. The first-order chi connectivity index (χ1) is 8.28. The van der Waals surface area contributed by atoms with Gasteiger partial charge in [0.2, 0.25) is 5.91 Å². The topological polar surface area (TPSA) is 38.3 Å². The van der Waals surface area contributed by atoms with Crippen LogP contribution in [0.2, 0.25) is 5.02 Å². The van der Waals surface area contributed by atoms with E-state index in [0.717, 1.165) is 0 Å². The highest BCUT2D eigenvalue weighted by Crippen LogP contribution is 2.19. The maximum Gasteiger partial charge on any atom is 0.411 e. The molecule has 3 nitrogen and oxygen atoms in total. The van der Waals surface area contributed by atoms with Gasteiger partial charge in [0.05, 0.1) is 0 Å². The molecule has 0 bridgehead atoms. The van der Waals surface area contributed by atoms with Crippen molar-refractivity contribution in [2.24, 2.45) is 0 Å². The van der Waals surface area contributed by atoms with Gasteiger partial charge in [0.15, 0.2) is 0 Å². The zero-order valence-corrected chi connectivity index (χ0v) is 10.2. The molecule has 1 aromatic rings. The summed E-state index contributed by atoms with van der Waals surface area (Å²) in [7, 11) is 0. The fraction of sp³-hybridized carbons (Fsp3) is 0.364. The van der Waals surface area contributed by atoms with Crippen molar-refractivity contribution in [3.63, 3.8) is 0 Å². The van der Waals surface area contributed by atoms with Crippen molar-refractivity contribution < 1.29 is 22.7 Å². The lowest BCUT2D eigenvalue weighted by Gasteiger charge is -2.10. The number of rotatable bonds is 4. The van der Waals surface area contributed by atoms with Gasteiger partial charge < -0.3 is 10.1 Å². The Morgan fingerprint density at radius 2 is 2.11 bits per heavy atom. The zero-order valence-electron chi connectivity index (χ0n) is 9.47. The summed E-state index contributed by atoms with van der Waals surface area (Å²) < 4.78 is 39.5. The average Bonchev–Trinajstić information content (AvgIpc) is 2.20. The molecule has 0 spiro atoms. The number of anilines is 1. The Kier molecular flexibility index (Phi) is 4.98. The number of halogens is 4. The highest BCUT2D eigenvalue weighted by Gasteiger charge is 2.27. The van der Waals surface area contributed by atoms with Crippen molar-refractivity contribution in [1.82, 2.24) is 0 Å². The molecule has 0 saturated carbocycles. The Labute approximate surface area is 107 Å². The minimum Gasteiger partial charge on any atom is -0.362 e. The van der Waals surface area contributed by atoms with Crippen molar-refractivity contribution in [2.75, 3.05) is 18.5 Å². The van der Waals surface area contributed by atoms with Gasteiger partial charge in [-0.05, 0) is 30.7 Å². The molecule has 1 amide bonds. The van der Waals surface area contributed by atoms with Crippen LogP contribution in [0.25, 0.3) is 0 Å². The van der Waals surface area contributed by atoms with Gasteiger partial charge in [0.1, 0.15) is 13.2 Å². The van der Waals surface area contributed by atoms with Gasteiger partial charge in [-0.2, -0.15) is 13.2 Å². The first-order valence-corrected chi connectivity index (χ1v) is 5.36. The van der Waals surface area contributed by atoms with E-state index in [9.17, 15) is 18.0 Å². The molecule has 0 aliphatic heterocycles. The van der Waals surface area contributed by atoms with Gasteiger partial charge in [-0.15, -0.1) is 0 Å². The Bertz CT molecular complexity index is 435. The van der Waals surface area contributed by atoms with E-state index in [2.05, 4.69) is 10.1 Å². The number of nitrogens with one attached hydrogen (secondary N) is 1. The number of aryl methyl sites for hydroxylation is 1. The molecule has 1 N–H and O–H groups in total. The molecule has 0 aliphatic carbocycles. The molecule has 7 heteroatoms. The molecular formula is C11H11ClF3NO2. The van der Waals surface area contributed by atoms with Crippen LogP contribution in [0, 0.1) is 6.92 Å². The van der Waals surface area contributed by atoms with Crippen LogP contribution in [-0.2, 0) is 9.53 Å². The first-order valence-electron chi connectivity index (χ1n) is 4.98. The zero-order chi connectivity index (χ0) is 13.8. The smallest absolute Gasteiger partial charge is 0.362 e. The van der Waals surface area contributed by atoms with E-state index < -0.39 is 25.3 Å². The predicted octanol–water partition coefficient (Wildman–Crippen LogP) is 3.17. The molecular weight excluding hydrogens is 271 g/mol. The standard InChI is InChI=1S/C11H11ClF3NO2/c1-7-4-8(12)2-3-9(7)16-10(17)5-18-6-11(13,14)15/h2-4H,5-6H2,1H3,(H,16,17). The molecule has 0 aliphatic rings. The van der Waals surface area contributed by atoms with Crippen molar-refractivity contribution in [2.45, 2.75) is 13.1 Å². The summed E-state index contributed by atoms with van der Waals surface area (Å²) in [5.74, 6) is -0.648. The third kappa shape index (κ3) is 5.37. The van der Waals surface area contributed by atoms with Gasteiger partial charge in [-0.25, -0.2) is 0 Å². The summed E-state index contributed by atoms with van der Waals surface area (Å²) in [5, 5.41) is 2.95. The maximum atomic E-state index is 11.8. The molecule has 0 saturated heterocycles. The molecule has 1 aromatic carbocycles. The summed E-state index contributed by atoms with van der Waals surface area (Å²) in [6, 6.07) is 4.77. The van der Waals surface area contributed by atoms with E-state index in [0.29, 0.717) is 16.3 Å². The molecule has 0 aromatic heterocycles. The van der Waals surface area contributed by atoms with Gasteiger partial charge in [0.25, 0.3) is 0 Å². The lowest BCUT2D eigenvalue weighted by molar-refractivity contribution is -0.174. The van der Waals surface area contributed by atoms with Crippen LogP contribution in [0.3, 0.4) is 0 Å². The Hall–Kier alpha value is -1.27. The van der Waals surface area contributed by atoms with Gasteiger partial charge in [-0.3, -0.25) is 4.79 Å². The van der Waals surface area contributed by atoms with Crippen molar-refractivity contribution in [3.8, 4) is 0 Å². The molecule has 1 rings (SSSR count). The number of amides is 1. The van der Waals surface area contributed by atoms with E-state index >= 15 is 0 Å². The Balaban J connectivity index is 2.45. The van der Waals surface area contributed by atoms with E-state index in [1.54, 1.807) is 25.1 Å². The fourth-order valence-corrected chi connectivity index (χ4v) is 1.44. The number of carbonyl (C=O) groups excluding carboxylic acids is 1. The number of benzene rings is 1. The van der Waals surface area contributed by atoms with E-state index in [4.69, 9.17) is 11.6 Å². The van der Waals surface area contributed by atoms with Crippen LogP contribution in [0.15, 0.2) is 18.2 Å². The molecule has 0 fully saturated rings. The summed E-state index contributed by atoms with van der Waals surface area (Å²) >= 11 is 5.72. The van der Waals surface area contributed by atoms with Gasteiger partial charge in [0, 0.05) is 10.7 Å². The third-order valence-electron chi connectivity index (χ3n) is 1.96. The summed E-state index contributed by atoms with van der Waals surface area (Å²) in [4.78, 5) is 11.3. The SMILES string of the molecule is Cc1cc(Cl)ccc1NC(=O)COCC(F)(F)F. The number of carbonyl (C=O) groups is 1. The quantitative estimate of drug-likeness (QED) is 0.920. The van der Waals surface area contributed by atoms with Gasteiger partial charge in [-0.1, -0.05) is 11.6 Å². The van der Waals surface area contributed by atoms with Crippen LogP contribution >= 0.6 is 11.6 Å². The predicted molar refractivity (Wildman–Crippen MR) is 61.7 cm³/mol. The molecule has 0 heterocycles. The van der Waals surface area contributed by atoms with Crippen molar-refractivity contribution in [3.05, 3.63) is 28.8 Å². The maximum absolute atomic E-state index is 11.8. The lowest BCUT2D eigenvalue weighted by atomic mass is 10.2. The molecule has 0 unspecified atom stereocenters. The second-order valence-electron chi connectivity index (χ2n) is 3.62. The molecule has 100 valence electrons. The highest BCUT2D eigenvalue weighted by atomic mass is 35.5. The molecule has 0 radical (unpaired) electrons. The largest absolute Gasteiger partial charge is 0.411 e. The van der Waals surface area contributed by atoms with Crippen LogP contribution in [0.5, 0.6) is 0 Å². The molecule has 0 atom stereocenters. The highest BCUT2D eigenvalue weighted by molar-refractivity contribution is 6.30. The number of ether oxygens (including phenoxy) is 1. The summed E-state index contributed by atoms with van der Waals surface area (Å²) in [6.07, 6.45) is -4.43. The van der Waals surface area contributed by atoms with Crippen LogP contribution < -0.4 is 5.32 Å². The molecule has 18 heavy (non-hydrogen) atoms. The van der Waals surface area contributed by atoms with Crippen molar-refractivity contribution in [1.29, 1.82) is 0 Å². The summed E-state index contributed by atoms with van der Waals surface area (Å²) in [5.41, 5.74) is 1.20. The van der Waals surface area contributed by atoms with E-state index in [-0.39, 0.29) is 0 Å². The monoisotopic (exact) mass is 281 g/mol. The Morgan fingerprint density at radius 3 is 2.67 bits per heavy atom. The third-order valence-corrected chi connectivity index (χ3v) is 2.20. The van der Waals surface area contributed by atoms with E-state index in [1.165, 1.54) is 0 Å². The summed E-state index contributed by atoms with van der Waals surface area (Å²) in [6.45, 7) is -0.375. The van der Waals surface area contributed by atoms with E-state index in [1.807, 2.05) is 0 Å². The minimum atomic E-state index is -4.43. The lowest BCUT2D eigenvalue weighted by Crippen LogP contribution is -2.24. The first kappa shape index (κ1) is 14.8. The van der Waals surface area contributed by atoms with Crippen LogP contribution in [0.4, 0.5) is 18.9 Å². The van der Waals surface area contributed by atoms with Crippen LogP contribution in [0.1, 0.15) is 5.56 Å². The average molecular weight is 282 g/mol.